The highest BCUT2D eigenvalue weighted by molar-refractivity contribution is 5.37. The van der Waals surface area contributed by atoms with E-state index in [0.717, 1.165) is 18.7 Å². The van der Waals surface area contributed by atoms with E-state index in [2.05, 4.69) is 5.32 Å². The molecule has 0 saturated carbocycles. The Balaban J connectivity index is 2.02. The quantitative estimate of drug-likeness (QED) is 0.918. The Kier molecular flexibility index (Phi) is 4.31. The van der Waals surface area contributed by atoms with Crippen molar-refractivity contribution in [3.05, 3.63) is 29.3 Å². The van der Waals surface area contributed by atoms with Gasteiger partial charge in [-0.15, -0.1) is 0 Å². The lowest BCUT2D eigenvalue weighted by Crippen LogP contribution is -2.41. The van der Waals surface area contributed by atoms with Crippen LogP contribution in [0.3, 0.4) is 0 Å². The van der Waals surface area contributed by atoms with Gasteiger partial charge in [-0.25, -0.2) is 0 Å². The zero-order valence-electron chi connectivity index (χ0n) is 10.6. The van der Waals surface area contributed by atoms with Gasteiger partial charge in [0.15, 0.2) is 0 Å². The zero-order valence-corrected chi connectivity index (χ0v) is 10.6. The predicted molar refractivity (Wildman–Crippen MR) is 64.3 cm³/mol. The molecule has 0 aliphatic carbocycles. The van der Waals surface area contributed by atoms with E-state index in [4.69, 9.17) is 9.47 Å². The van der Waals surface area contributed by atoms with Gasteiger partial charge >= 0.3 is 6.18 Å². The van der Waals surface area contributed by atoms with Crippen molar-refractivity contribution < 1.29 is 22.6 Å². The SMILES string of the molecule is Cc1ccc(C(F)(F)F)cc1OC[C@@H]1CNCCO1. The first-order valence-electron chi connectivity index (χ1n) is 6.10. The molecule has 1 aliphatic rings. The molecule has 0 amide bonds. The van der Waals surface area contributed by atoms with E-state index in [-0.39, 0.29) is 18.5 Å². The number of ether oxygens (including phenoxy) is 2. The zero-order chi connectivity index (χ0) is 13.9. The van der Waals surface area contributed by atoms with Crippen molar-refractivity contribution in [2.45, 2.75) is 19.2 Å². The Morgan fingerprint density at radius 1 is 1.42 bits per heavy atom. The highest BCUT2D eigenvalue weighted by atomic mass is 19.4. The van der Waals surface area contributed by atoms with Gasteiger partial charge < -0.3 is 14.8 Å². The minimum absolute atomic E-state index is 0.123. The summed E-state index contributed by atoms with van der Waals surface area (Å²) in [5, 5.41) is 3.14. The first kappa shape index (κ1) is 14.1. The van der Waals surface area contributed by atoms with Crippen LogP contribution in [0.5, 0.6) is 5.75 Å². The maximum atomic E-state index is 12.6. The summed E-state index contributed by atoms with van der Waals surface area (Å²) in [4.78, 5) is 0. The van der Waals surface area contributed by atoms with Crippen molar-refractivity contribution in [1.82, 2.24) is 5.32 Å². The summed E-state index contributed by atoms with van der Waals surface area (Å²) in [7, 11) is 0. The number of rotatable bonds is 3. The van der Waals surface area contributed by atoms with Crippen molar-refractivity contribution in [2.75, 3.05) is 26.3 Å². The van der Waals surface area contributed by atoms with Crippen LogP contribution in [-0.2, 0) is 10.9 Å². The van der Waals surface area contributed by atoms with E-state index in [9.17, 15) is 13.2 Å². The minimum atomic E-state index is -4.35. The van der Waals surface area contributed by atoms with Gasteiger partial charge in [-0.1, -0.05) is 6.07 Å². The summed E-state index contributed by atoms with van der Waals surface area (Å²) in [5.41, 5.74) is -0.0208. The average Bonchev–Trinajstić information content (AvgIpc) is 2.37. The van der Waals surface area contributed by atoms with Crippen LogP contribution in [0.25, 0.3) is 0 Å². The number of hydrogen-bond acceptors (Lipinski definition) is 3. The Morgan fingerprint density at radius 3 is 2.84 bits per heavy atom. The molecule has 1 atom stereocenters. The molecule has 1 aliphatic heterocycles. The maximum Gasteiger partial charge on any atom is 0.416 e. The molecular weight excluding hydrogens is 259 g/mol. The van der Waals surface area contributed by atoms with Gasteiger partial charge in [-0.05, 0) is 24.6 Å². The first-order valence-corrected chi connectivity index (χ1v) is 6.10. The summed E-state index contributed by atoms with van der Waals surface area (Å²) in [5.74, 6) is 0.254. The molecule has 0 radical (unpaired) electrons. The van der Waals surface area contributed by atoms with Gasteiger partial charge in [0.1, 0.15) is 18.5 Å². The summed E-state index contributed by atoms with van der Waals surface area (Å²) >= 11 is 0. The van der Waals surface area contributed by atoms with Crippen molar-refractivity contribution in [1.29, 1.82) is 0 Å². The number of morpholine rings is 1. The predicted octanol–water partition coefficient (Wildman–Crippen LogP) is 2.38. The van der Waals surface area contributed by atoms with E-state index >= 15 is 0 Å². The molecule has 0 bridgehead atoms. The van der Waals surface area contributed by atoms with E-state index in [1.54, 1.807) is 6.92 Å². The van der Waals surface area contributed by atoms with Crippen molar-refractivity contribution in [2.24, 2.45) is 0 Å². The number of halogens is 3. The van der Waals surface area contributed by atoms with E-state index < -0.39 is 11.7 Å². The number of hydrogen-bond donors (Lipinski definition) is 1. The largest absolute Gasteiger partial charge is 0.491 e. The topological polar surface area (TPSA) is 30.5 Å². The Bertz CT molecular complexity index is 428. The van der Waals surface area contributed by atoms with Crippen LogP contribution in [0.4, 0.5) is 13.2 Å². The lowest BCUT2D eigenvalue weighted by atomic mass is 10.1. The average molecular weight is 275 g/mol. The fraction of sp³-hybridized carbons (Fsp3) is 0.538. The molecule has 0 unspecified atom stereocenters. The normalized spacial score (nSPS) is 20.3. The van der Waals surface area contributed by atoms with Gasteiger partial charge in [0.05, 0.1) is 12.2 Å². The second-order valence-electron chi connectivity index (χ2n) is 4.49. The van der Waals surface area contributed by atoms with Crippen LogP contribution in [0.1, 0.15) is 11.1 Å². The van der Waals surface area contributed by atoms with Gasteiger partial charge in [0.25, 0.3) is 0 Å². The lowest BCUT2D eigenvalue weighted by molar-refractivity contribution is -0.137. The van der Waals surface area contributed by atoms with Gasteiger partial charge in [0, 0.05) is 13.1 Å². The maximum absolute atomic E-state index is 12.6. The second-order valence-corrected chi connectivity index (χ2v) is 4.49. The van der Waals surface area contributed by atoms with Crippen molar-refractivity contribution in [3.8, 4) is 5.75 Å². The lowest BCUT2D eigenvalue weighted by Gasteiger charge is -2.24. The number of benzene rings is 1. The molecule has 1 fully saturated rings. The number of aryl methyl sites for hydroxylation is 1. The molecule has 1 aromatic carbocycles. The molecular formula is C13H16F3NO2. The van der Waals surface area contributed by atoms with Crippen molar-refractivity contribution in [3.63, 3.8) is 0 Å². The fourth-order valence-electron chi connectivity index (χ4n) is 1.84. The molecule has 0 spiro atoms. The molecule has 2 rings (SSSR count). The Hall–Kier alpha value is -1.27. The number of nitrogens with one attached hydrogen (secondary N) is 1. The molecule has 106 valence electrons. The van der Waals surface area contributed by atoms with Gasteiger partial charge in [-0.3, -0.25) is 0 Å². The third-order valence-electron chi connectivity index (χ3n) is 2.94. The summed E-state index contributed by atoms with van der Waals surface area (Å²) < 4.78 is 48.7. The fourth-order valence-corrected chi connectivity index (χ4v) is 1.84. The minimum Gasteiger partial charge on any atom is -0.491 e. The third kappa shape index (κ3) is 3.84. The van der Waals surface area contributed by atoms with Gasteiger partial charge in [-0.2, -0.15) is 13.2 Å². The first-order chi connectivity index (χ1) is 8.97. The molecule has 3 nitrogen and oxygen atoms in total. The molecule has 1 heterocycles. The summed E-state index contributed by atoms with van der Waals surface area (Å²) in [6.07, 6.45) is -4.47. The summed E-state index contributed by atoms with van der Waals surface area (Å²) in [6, 6.07) is 3.50. The van der Waals surface area contributed by atoms with Crippen LogP contribution in [0.15, 0.2) is 18.2 Å². The van der Waals surface area contributed by atoms with Crippen LogP contribution in [0.2, 0.25) is 0 Å². The van der Waals surface area contributed by atoms with Crippen LogP contribution in [0, 0.1) is 6.92 Å². The molecule has 0 aromatic heterocycles. The molecule has 6 heteroatoms. The van der Waals surface area contributed by atoms with Crippen LogP contribution >= 0.6 is 0 Å². The smallest absolute Gasteiger partial charge is 0.416 e. The highest BCUT2D eigenvalue weighted by Crippen LogP contribution is 2.32. The number of alkyl halides is 3. The van der Waals surface area contributed by atoms with Crippen molar-refractivity contribution >= 4 is 0 Å². The molecule has 1 saturated heterocycles. The van der Waals surface area contributed by atoms with E-state index in [1.165, 1.54) is 6.07 Å². The van der Waals surface area contributed by atoms with E-state index in [0.29, 0.717) is 18.7 Å². The van der Waals surface area contributed by atoms with Crippen LogP contribution < -0.4 is 10.1 Å². The summed E-state index contributed by atoms with van der Waals surface area (Å²) in [6.45, 7) is 4.00. The van der Waals surface area contributed by atoms with E-state index in [1.807, 2.05) is 0 Å². The molecule has 1 N–H and O–H groups in total. The Labute approximate surface area is 109 Å². The van der Waals surface area contributed by atoms with Gasteiger partial charge in [0.2, 0.25) is 0 Å². The Morgan fingerprint density at radius 2 is 2.21 bits per heavy atom. The monoisotopic (exact) mass is 275 g/mol. The molecule has 19 heavy (non-hydrogen) atoms. The third-order valence-corrected chi connectivity index (χ3v) is 2.94. The van der Waals surface area contributed by atoms with Crippen LogP contribution in [-0.4, -0.2) is 32.4 Å². The highest BCUT2D eigenvalue weighted by Gasteiger charge is 2.31. The standard InChI is InChI=1S/C13H16F3NO2/c1-9-2-3-10(13(14,15)16)6-12(9)19-8-11-7-17-4-5-18-11/h2-3,6,11,17H,4-5,7-8H2,1H3/t11-/m0/s1. The molecule has 1 aromatic rings. The second kappa shape index (κ2) is 5.79.